The molecular formula is C21H25ClN3O6+. The molecule has 0 radical (unpaired) electrons. The first-order valence-corrected chi connectivity index (χ1v) is 11.2. The van der Waals surface area contributed by atoms with E-state index >= 15 is 0 Å². The van der Waals surface area contributed by atoms with Gasteiger partial charge in [-0.2, -0.15) is 14.0 Å². The molecule has 3 N–H and O–H groups in total. The van der Waals surface area contributed by atoms with Crippen molar-refractivity contribution in [1.29, 1.82) is 0 Å². The van der Waals surface area contributed by atoms with Crippen molar-refractivity contribution in [2.24, 2.45) is 4.99 Å². The highest BCUT2D eigenvalue weighted by molar-refractivity contribution is 6.16. The van der Waals surface area contributed by atoms with Gasteiger partial charge in [-0.15, -0.1) is 0 Å². The maximum atomic E-state index is 12.6. The van der Waals surface area contributed by atoms with Gasteiger partial charge in [0.1, 0.15) is 18.0 Å². The maximum absolute atomic E-state index is 12.6. The minimum absolute atomic E-state index is 0.108. The van der Waals surface area contributed by atoms with E-state index in [4.69, 9.17) is 28.4 Å². The molecule has 31 heavy (non-hydrogen) atoms. The monoisotopic (exact) mass is 450 g/mol. The molecule has 1 atom stereocenters. The van der Waals surface area contributed by atoms with Crippen LogP contribution in [0.15, 0.2) is 63.2 Å². The number of hydrogen-bond acceptors (Lipinski definition) is 8. The SMILES string of the molecule is CCNC1=CC2OC3=C(N=C2C=C1C)C1=C(C=CCC1=O)C(=[NH+]CC)C3.[O-][Cl+3]([O-])([O-])O. The molecule has 4 rings (SSSR count). The Balaban J connectivity index is 0.000000491. The summed E-state index contributed by atoms with van der Waals surface area (Å²) in [7, 11) is -4.69. The van der Waals surface area contributed by atoms with E-state index in [1.807, 2.05) is 12.2 Å². The van der Waals surface area contributed by atoms with E-state index in [9.17, 15) is 4.79 Å². The minimum Gasteiger partial charge on any atom is -0.481 e. The summed E-state index contributed by atoms with van der Waals surface area (Å²) < 4.78 is 39.0. The topological polar surface area (TPSA) is 154 Å². The second-order valence-electron chi connectivity index (χ2n) is 7.18. The number of hydrogen-bond donors (Lipinski definition) is 3. The van der Waals surface area contributed by atoms with E-state index in [2.05, 4.69) is 43.2 Å². The molecule has 3 aliphatic carbocycles. The van der Waals surface area contributed by atoms with Gasteiger partial charge in [0.2, 0.25) is 0 Å². The van der Waals surface area contributed by atoms with E-state index < -0.39 is 10.2 Å². The molecule has 1 aliphatic heterocycles. The predicted molar refractivity (Wildman–Crippen MR) is 104 cm³/mol. The summed E-state index contributed by atoms with van der Waals surface area (Å²) in [5.74, 6) is 0.897. The first kappa shape index (κ1) is 23.1. The fraction of sp³-hybridized carbons (Fsp3) is 0.381. The van der Waals surface area contributed by atoms with E-state index in [0.29, 0.717) is 24.1 Å². The third-order valence-electron chi connectivity index (χ3n) is 4.97. The summed E-state index contributed by atoms with van der Waals surface area (Å²) >= 11 is 0. The van der Waals surface area contributed by atoms with Crippen LogP contribution in [0.25, 0.3) is 0 Å². The van der Waals surface area contributed by atoms with Crippen molar-refractivity contribution in [2.45, 2.75) is 39.7 Å². The zero-order valence-corrected chi connectivity index (χ0v) is 18.3. The quantitative estimate of drug-likeness (QED) is 0.417. The number of fused-ring (bicyclic) bond motifs is 2. The summed E-state index contributed by atoms with van der Waals surface area (Å²) in [4.78, 5) is 20.9. The number of likely N-dealkylation sites (N-methyl/N-ethyl adjacent to an activating group) is 1. The van der Waals surface area contributed by atoms with Crippen LogP contribution in [0, 0.1) is 10.2 Å². The summed E-state index contributed by atoms with van der Waals surface area (Å²) in [6.07, 6.45) is 8.96. The number of nitrogens with one attached hydrogen (secondary N) is 2. The molecule has 0 saturated carbocycles. The van der Waals surface area contributed by atoms with E-state index in [1.165, 1.54) is 0 Å². The van der Waals surface area contributed by atoms with Crippen LogP contribution in [-0.2, 0) is 9.53 Å². The Morgan fingerprint density at radius 2 is 2.06 bits per heavy atom. The molecule has 0 spiro atoms. The van der Waals surface area contributed by atoms with Crippen LogP contribution < -0.4 is 24.3 Å². The van der Waals surface area contributed by atoms with Gasteiger partial charge in [0.25, 0.3) is 0 Å². The molecule has 9 nitrogen and oxygen atoms in total. The third kappa shape index (κ3) is 5.38. The number of nitrogens with zero attached hydrogens (tertiary/aromatic N) is 1. The van der Waals surface area contributed by atoms with Crippen LogP contribution in [0.3, 0.4) is 0 Å². The lowest BCUT2D eigenvalue weighted by molar-refractivity contribution is -1.92. The van der Waals surface area contributed by atoms with Crippen LogP contribution in [-0.4, -0.2) is 41.1 Å². The number of rotatable bonds is 3. The number of Topliss-reactive ketones (excluding diaryl/α,β-unsaturated/α-hetero) is 1. The molecule has 4 aliphatic rings. The molecule has 166 valence electrons. The number of halogens is 1. The van der Waals surface area contributed by atoms with Crippen molar-refractivity contribution in [3.8, 4) is 0 Å². The van der Waals surface area contributed by atoms with Crippen molar-refractivity contribution in [1.82, 2.24) is 5.32 Å². The van der Waals surface area contributed by atoms with Gasteiger partial charge in [-0.3, -0.25) is 4.79 Å². The Kier molecular flexibility index (Phi) is 6.93. The normalized spacial score (nSPS) is 23.6. The maximum Gasteiger partial charge on any atom is 0.190 e. The average Bonchev–Trinajstić information content (AvgIpc) is 2.67. The van der Waals surface area contributed by atoms with Crippen LogP contribution in [0.1, 0.15) is 33.6 Å². The molecule has 1 unspecified atom stereocenters. The molecule has 0 aromatic heterocycles. The number of aliphatic imine (C=N–C) groups is 1. The third-order valence-corrected chi connectivity index (χ3v) is 4.97. The fourth-order valence-electron chi connectivity index (χ4n) is 3.81. The molecule has 10 heteroatoms. The van der Waals surface area contributed by atoms with Crippen molar-refractivity contribution in [3.63, 3.8) is 0 Å². The van der Waals surface area contributed by atoms with Crippen molar-refractivity contribution < 1.29 is 43.4 Å². The highest BCUT2D eigenvalue weighted by Crippen LogP contribution is 2.38. The Labute approximate surface area is 182 Å². The molecule has 0 bridgehead atoms. The first-order chi connectivity index (χ1) is 14.6. The molecule has 0 amide bonds. The van der Waals surface area contributed by atoms with E-state index in [0.717, 1.165) is 47.1 Å². The number of allylic oxidation sites excluding steroid dienone is 6. The van der Waals surface area contributed by atoms with Gasteiger partial charge >= 0.3 is 0 Å². The Morgan fingerprint density at radius 3 is 2.71 bits per heavy atom. The molecule has 0 saturated heterocycles. The summed E-state index contributed by atoms with van der Waals surface area (Å²) in [5, 5.41) is 3.37. The van der Waals surface area contributed by atoms with Gasteiger partial charge in [-0.25, -0.2) is 9.98 Å². The van der Waals surface area contributed by atoms with E-state index in [-0.39, 0.29) is 11.9 Å². The van der Waals surface area contributed by atoms with Gasteiger partial charge in [0, 0.05) is 18.7 Å². The van der Waals surface area contributed by atoms with Crippen molar-refractivity contribution in [2.75, 3.05) is 13.1 Å². The van der Waals surface area contributed by atoms with E-state index in [1.54, 1.807) is 0 Å². The van der Waals surface area contributed by atoms with Gasteiger partial charge in [-0.1, -0.05) is 12.2 Å². The van der Waals surface area contributed by atoms with Gasteiger partial charge in [0.15, 0.2) is 17.6 Å². The predicted octanol–water partition coefficient (Wildman–Crippen LogP) is -2.86. The van der Waals surface area contributed by atoms with Gasteiger partial charge in [0.05, 0.1) is 38.2 Å². The standard InChI is InChI=1S/C21H23N3O2.ClHO4/c1-4-22-14-10-18-16(9-12(14)3)24-21-19(26-18)11-15(23-5-2)13-7-6-8-17(25)20(13)21;2-1(3,4)5/h6-7,9-10,18,22H,4-5,8,11H2,1-3H3;(H,2,3,4,5)/p+1. The first-order valence-electron chi connectivity index (χ1n) is 9.92. The highest BCUT2D eigenvalue weighted by Gasteiger charge is 2.38. The highest BCUT2D eigenvalue weighted by atomic mass is 35.7. The Bertz CT molecular complexity index is 989. The number of carbonyl (C=O) groups excluding carboxylic acids is 1. The summed E-state index contributed by atoms with van der Waals surface area (Å²) in [6.45, 7) is 7.87. The zero-order valence-electron chi connectivity index (χ0n) is 17.5. The smallest absolute Gasteiger partial charge is 0.190 e. The molecule has 0 aromatic rings. The number of carbonyl (C=O) groups is 1. The second-order valence-corrected chi connectivity index (χ2v) is 7.98. The lowest BCUT2D eigenvalue weighted by Gasteiger charge is -2.32. The van der Waals surface area contributed by atoms with Crippen LogP contribution in [0.4, 0.5) is 0 Å². The molecule has 1 heterocycles. The second kappa shape index (κ2) is 9.29. The van der Waals surface area contributed by atoms with Gasteiger partial charge in [-0.05, 0) is 38.5 Å². The lowest BCUT2D eigenvalue weighted by atomic mass is 9.84. The molecular weight excluding hydrogens is 426 g/mol. The zero-order chi connectivity index (χ0) is 22.8. The van der Waals surface area contributed by atoms with Crippen molar-refractivity contribution in [3.05, 3.63) is 58.2 Å². The van der Waals surface area contributed by atoms with Crippen LogP contribution in [0.2, 0.25) is 0 Å². The molecule has 0 aromatic carbocycles. The average molecular weight is 451 g/mol. The summed E-state index contributed by atoms with van der Waals surface area (Å²) in [6, 6.07) is 0. The lowest BCUT2D eigenvalue weighted by Crippen LogP contribution is -2.73. The molecule has 0 fully saturated rings. The minimum atomic E-state index is -4.69. The summed E-state index contributed by atoms with van der Waals surface area (Å²) in [5.41, 5.74) is 6.51. The van der Waals surface area contributed by atoms with Crippen LogP contribution in [0.5, 0.6) is 0 Å². The Hall–Kier alpha value is -2.56. The number of ether oxygens (including phenoxy) is 1. The van der Waals surface area contributed by atoms with Crippen LogP contribution >= 0.6 is 0 Å². The largest absolute Gasteiger partial charge is 0.481 e. The van der Waals surface area contributed by atoms with Crippen molar-refractivity contribution >= 4 is 17.2 Å². The van der Waals surface area contributed by atoms with Gasteiger partial charge < -0.3 is 10.1 Å². The number of ketones is 1. The fourth-order valence-corrected chi connectivity index (χ4v) is 3.81. The Morgan fingerprint density at radius 1 is 1.35 bits per heavy atom.